The van der Waals surface area contributed by atoms with Crippen LogP contribution in [0.5, 0.6) is 0 Å². The van der Waals surface area contributed by atoms with Crippen LogP contribution in [0.2, 0.25) is 0 Å². The molecule has 4 rings (SSSR count). The predicted molar refractivity (Wildman–Crippen MR) is 111 cm³/mol. The number of aromatic nitrogens is 2. The minimum absolute atomic E-state index is 0.0557. The largest absolute Gasteiger partial charge is 0.419 e. The summed E-state index contributed by atoms with van der Waals surface area (Å²) in [5, 5.41) is 0. The molecule has 0 unspecified atom stereocenters. The molecular weight excluding hydrogens is 464 g/mol. The van der Waals surface area contributed by atoms with E-state index in [1.54, 1.807) is 21.9 Å². The zero-order valence-corrected chi connectivity index (χ0v) is 18.3. The number of hydrogen-bond donors (Lipinski definition) is 0. The number of halogens is 4. The number of amides is 1. The molecule has 7 nitrogen and oxygen atoms in total. The number of sulfone groups is 1. The number of nitrogens with zero attached hydrogens (tertiary/aromatic N) is 4. The summed E-state index contributed by atoms with van der Waals surface area (Å²) in [7, 11) is -3.15. The Morgan fingerprint density at radius 2 is 1.67 bits per heavy atom. The second-order valence-electron chi connectivity index (χ2n) is 8.21. The Kier molecular flexibility index (Phi) is 6.30. The molecule has 2 aliphatic rings. The minimum Gasteiger partial charge on any atom is -0.337 e. The average molecular weight is 486 g/mol. The molecule has 1 aromatic carbocycles. The van der Waals surface area contributed by atoms with Gasteiger partial charge in [-0.05, 0) is 18.9 Å². The van der Waals surface area contributed by atoms with Crippen molar-refractivity contribution >= 4 is 21.7 Å². The summed E-state index contributed by atoms with van der Waals surface area (Å²) in [5.74, 6) is -1.30. The summed E-state index contributed by atoms with van der Waals surface area (Å²) >= 11 is 0. The Morgan fingerprint density at radius 1 is 1.03 bits per heavy atom. The Balaban J connectivity index is 1.59. The highest BCUT2D eigenvalue weighted by atomic mass is 32.2. The van der Waals surface area contributed by atoms with E-state index in [1.165, 1.54) is 12.1 Å². The lowest BCUT2D eigenvalue weighted by atomic mass is 9.96. The lowest BCUT2D eigenvalue weighted by molar-refractivity contribution is -0.139. The molecule has 1 atom stereocenters. The van der Waals surface area contributed by atoms with Gasteiger partial charge in [-0.25, -0.2) is 22.8 Å². The second kappa shape index (κ2) is 8.88. The van der Waals surface area contributed by atoms with Crippen molar-refractivity contribution in [1.82, 2.24) is 14.9 Å². The van der Waals surface area contributed by atoms with E-state index < -0.39 is 39.4 Å². The maximum absolute atomic E-state index is 14.7. The molecule has 1 amide bonds. The number of carbonyl (C=O) groups excluding carboxylic acids is 1. The van der Waals surface area contributed by atoms with Gasteiger partial charge in [0, 0.05) is 43.5 Å². The van der Waals surface area contributed by atoms with Crippen LogP contribution in [-0.2, 0) is 20.8 Å². The Hall–Kier alpha value is -2.76. The number of rotatable bonds is 3. The van der Waals surface area contributed by atoms with E-state index >= 15 is 0 Å². The van der Waals surface area contributed by atoms with Gasteiger partial charge < -0.3 is 9.80 Å². The SMILES string of the molecule is O=C(C1CCS(=O)(=O)CC1)N1CCN(c2ncc(C(F)(F)F)cn2)C[C@@H]1c1ccccc1F. The number of benzene rings is 1. The molecule has 0 spiro atoms. The molecule has 2 fully saturated rings. The van der Waals surface area contributed by atoms with Crippen LogP contribution in [0.3, 0.4) is 0 Å². The van der Waals surface area contributed by atoms with Gasteiger partial charge in [-0.3, -0.25) is 4.79 Å². The molecular formula is C21H22F4N4O3S. The fourth-order valence-electron chi connectivity index (χ4n) is 4.24. The van der Waals surface area contributed by atoms with Gasteiger partial charge in [-0.2, -0.15) is 13.2 Å². The summed E-state index contributed by atoms with van der Waals surface area (Å²) in [6, 6.07) is 5.27. The Labute approximate surface area is 188 Å². The third-order valence-corrected chi connectivity index (χ3v) is 7.80. The van der Waals surface area contributed by atoms with Crippen molar-refractivity contribution in [1.29, 1.82) is 0 Å². The van der Waals surface area contributed by atoms with E-state index in [1.807, 2.05) is 0 Å². The van der Waals surface area contributed by atoms with Crippen molar-refractivity contribution in [3.63, 3.8) is 0 Å². The Bertz CT molecular complexity index is 1110. The van der Waals surface area contributed by atoms with Crippen LogP contribution in [-0.4, -0.2) is 60.3 Å². The van der Waals surface area contributed by atoms with Crippen molar-refractivity contribution in [2.45, 2.75) is 25.1 Å². The normalized spacial score (nSPS) is 21.8. The lowest BCUT2D eigenvalue weighted by Gasteiger charge is -2.43. The van der Waals surface area contributed by atoms with Crippen molar-refractivity contribution in [2.75, 3.05) is 36.0 Å². The van der Waals surface area contributed by atoms with E-state index in [2.05, 4.69) is 9.97 Å². The van der Waals surface area contributed by atoms with Gasteiger partial charge >= 0.3 is 6.18 Å². The maximum atomic E-state index is 14.7. The van der Waals surface area contributed by atoms with Crippen LogP contribution >= 0.6 is 0 Å². The molecule has 0 N–H and O–H groups in total. The van der Waals surface area contributed by atoms with E-state index in [9.17, 15) is 30.8 Å². The monoisotopic (exact) mass is 486 g/mol. The first-order valence-corrected chi connectivity index (χ1v) is 12.3. The second-order valence-corrected chi connectivity index (χ2v) is 10.5. The molecule has 0 bridgehead atoms. The van der Waals surface area contributed by atoms with Crippen LogP contribution in [0.4, 0.5) is 23.5 Å². The van der Waals surface area contributed by atoms with Crippen LogP contribution < -0.4 is 4.90 Å². The van der Waals surface area contributed by atoms with Crippen molar-refractivity contribution < 1.29 is 30.8 Å². The highest BCUT2D eigenvalue weighted by Gasteiger charge is 2.39. The molecule has 2 aliphatic heterocycles. The quantitative estimate of drug-likeness (QED) is 0.621. The molecule has 12 heteroatoms. The molecule has 33 heavy (non-hydrogen) atoms. The van der Waals surface area contributed by atoms with Gasteiger partial charge in [0.25, 0.3) is 0 Å². The molecule has 0 saturated carbocycles. The van der Waals surface area contributed by atoms with Gasteiger partial charge in [-0.1, -0.05) is 18.2 Å². The first-order chi connectivity index (χ1) is 15.5. The fourth-order valence-corrected chi connectivity index (χ4v) is 5.73. The summed E-state index contributed by atoms with van der Waals surface area (Å²) < 4.78 is 76.7. The van der Waals surface area contributed by atoms with Crippen molar-refractivity contribution in [3.05, 3.63) is 53.6 Å². The molecule has 2 saturated heterocycles. The minimum atomic E-state index is -4.56. The van der Waals surface area contributed by atoms with Gasteiger partial charge in [-0.15, -0.1) is 0 Å². The summed E-state index contributed by atoms with van der Waals surface area (Å²) in [4.78, 5) is 24.1. The van der Waals surface area contributed by atoms with E-state index in [0.29, 0.717) is 12.4 Å². The molecule has 1 aromatic heterocycles. The summed E-state index contributed by atoms with van der Waals surface area (Å²) in [6.45, 7) is 0.502. The molecule has 2 aromatic rings. The number of piperazine rings is 1. The van der Waals surface area contributed by atoms with Gasteiger partial charge in [0.2, 0.25) is 11.9 Å². The zero-order valence-electron chi connectivity index (χ0n) is 17.5. The molecule has 0 aliphatic carbocycles. The van der Waals surface area contributed by atoms with E-state index in [0.717, 1.165) is 0 Å². The third kappa shape index (κ3) is 5.10. The zero-order chi connectivity index (χ0) is 23.8. The predicted octanol–water partition coefficient (Wildman–Crippen LogP) is 2.85. The molecule has 0 radical (unpaired) electrons. The number of carbonyl (C=O) groups is 1. The Morgan fingerprint density at radius 3 is 2.27 bits per heavy atom. The van der Waals surface area contributed by atoms with Crippen LogP contribution in [0.25, 0.3) is 0 Å². The van der Waals surface area contributed by atoms with Gasteiger partial charge in [0.05, 0.1) is 23.1 Å². The van der Waals surface area contributed by atoms with Gasteiger partial charge in [0.15, 0.2) is 0 Å². The summed E-state index contributed by atoms with van der Waals surface area (Å²) in [5.41, 5.74) is -0.705. The smallest absolute Gasteiger partial charge is 0.337 e. The van der Waals surface area contributed by atoms with Crippen LogP contribution in [0, 0.1) is 11.7 Å². The van der Waals surface area contributed by atoms with Crippen LogP contribution in [0.15, 0.2) is 36.7 Å². The number of alkyl halides is 3. The first kappa shape index (κ1) is 23.4. The van der Waals surface area contributed by atoms with Crippen molar-refractivity contribution in [3.8, 4) is 0 Å². The fraction of sp³-hybridized carbons (Fsp3) is 0.476. The highest BCUT2D eigenvalue weighted by molar-refractivity contribution is 7.91. The lowest BCUT2D eigenvalue weighted by Crippen LogP contribution is -2.53. The molecule has 178 valence electrons. The number of anilines is 1. The standard InChI is InChI=1S/C21H22F4N4O3S/c22-17-4-2-1-3-16(17)18-13-28(20-26-11-15(12-27-20)21(23,24)25)7-8-29(18)19(30)14-5-9-33(31,32)10-6-14/h1-4,11-12,14,18H,5-10,13H2/t18-/m1/s1. The number of hydrogen-bond acceptors (Lipinski definition) is 6. The average Bonchev–Trinajstić information content (AvgIpc) is 2.78. The van der Waals surface area contributed by atoms with E-state index in [4.69, 9.17) is 0 Å². The van der Waals surface area contributed by atoms with Gasteiger partial charge in [0.1, 0.15) is 15.7 Å². The van der Waals surface area contributed by atoms with E-state index in [-0.39, 0.29) is 61.4 Å². The first-order valence-electron chi connectivity index (χ1n) is 10.4. The summed E-state index contributed by atoms with van der Waals surface area (Å²) in [6.07, 6.45) is -2.74. The van der Waals surface area contributed by atoms with Crippen molar-refractivity contribution in [2.24, 2.45) is 5.92 Å². The maximum Gasteiger partial charge on any atom is 0.419 e. The third-order valence-electron chi connectivity index (χ3n) is 6.08. The van der Waals surface area contributed by atoms with Crippen LogP contribution in [0.1, 0.15) is 30.0 Å². The highest BCUT2D eigenvalue weighted by Crippen LogP contribution is 2.33. The topological polar surface area (TPSA) is 83.5 Å². The molecule has 3 heterocycles.